The summed E-state index contributed by atoms with van der Waals surface area (Å²) in [5.41, 5.74) is 3.09. The molecule has 18 heavy (non-hydrogen) atoms. The minimum atomic E-state index is 0.746. The minimum absolute atomic E-state index is 0.746. The van der Waals surface area contributed by atoms with E-state index in [0.717, 1.165) is 21.7 Å². The third-order valence-electron chi connectivity index (χ3n) is 8.37. The standard InChI is InChI=1S/C18H30/c1-15-3-9-17(10-4-15,11-5-15)18-12-6-16(2,7-13-18)8-14-18/h3-14H2,1-2H3. The van der Waals surface area contributed by atoms with Crippen molar-refractivity contribution in [1.29, 1.82) is 0 Å². The van der Waals surface area contributed by atoms with E-state index in [1.54, 1.807) is 77.0 Å². The first-order chi connectivity index (χ1) is 8.49. The highest BCUT2D eigenvalue weighted by Crippen LogP contribution is 2.71. The van der Waals surface area contributed by atoms with Crippen molar-refractivity contribution in [2.75, 3.05) is 0 Å². The molecule has 0 heterocycles. The topological polar surface area (TPSA) is 0 Å². The molecule has 0 unspecified atom stereocenters. The summed E-state index contributed by atoms with van der Waals surface area (Å²) in [6.45, 7) is 5.12. The van der Waals surface area contributed by atoms with Gasteiger partial charge in [0.2, 0.25) is 0 Å². The lowest BCUT2D eigenvalue weighted by Gasteiger charge is -2.66. The number of hydrogen-bond acceptors (Lipinski definition) is 0. The van der Waals surface area contributed by atoms with Gasteiger partial charge >= 0.3 is 0 Å². The maximum absolute atomic E-state index is 2.56. The van der Waals surface area contributed by atoms with Gasteiger partial charge in [-0.3, -0.25) is 0 Å². The van der Waals surface area contributed by atoms with Crippen molar-refractivity contribution >= 4 is 0 Å². The highest BCUT2D eigenvalue weighted by atomic mass is 14.6. The van der Waals surface area contributed by atoms with Crippen LogP contribution in [0, 0.1) is 21.7 Å². The van der Waals surface area contributed by atoms with Gasteiger partial charge in [0.15, 0.2) is 0 Å². The van der Waals surface area contributed by atoms with Gasteiger partial charge in [-0.1, -0.05) is 13.8 Å². The monoisotopic (exact) mass is 246 g/mol. The lowest BCUT2D eigenvalue weighted by atomic mass is 9.39. The Morgan fingerprint density at radius 3 is 0.833 bits per heavy atom. The summed E-state index contributed by atoms with van der Waals surface area (Å²) in [7, 11) is 0. The van der Waals surface area contributed by atoms with E-state index >= 15 is 0 Å². The molecule has 0 aromatic heterocycles. The van der Waals surface area contributed by atoms with Crippen LogP contribution in [0.25, 0.3) is 0 Å². The molecule has 102 valence electrons. The Bertz CT molecular complexity index is 279. The van der Waals surface area contributed by atoms with Crippen LogP contribution in [0.2, 0.25) is 0 Å². The molecule has 0 saturated heterocycles. The molecular formula is C18H30. The second-order valence-corrected chi connectivity index (χ2v) is 9.18. The van der Waals surface area contributed by atoms with E-state index < -0.39 is 0 Å². The summed E-state index contributed by atoms with van der Waals surface area (Å²) in [5.74, 6) is 0. The molecular weight excluding hydrogens is 216 g/mol. The van der Waals surface area contributed by atoms with Crippen molar-refractivity contribution in [3.8, 4) is 0 Å². The number of hydrogen-bond donors (Lipinski definition) is 0. The molecule has 0 heteroatoms. The van der Waals surface area contributed by atoms with Gasteiger partial charge in [0.1, 0.15) is 0 Å². The van der Waals surface area contributed by atoms with E-state index in [2.05, 4.69) is 13.8 Å². The van der Waals surface area contributed by atoms with Crippen molar-refractivity contribution in [1.82, 2.24) is 0 Å². The SMILES string of the molecule is CC12CCC(C34CCC(C)(CC3)CC4)(CC1)CC2. The first kappa shape index (κ1) is 11.8. The molecule has 0 radical (unpaired) electrons. The van der Waals surface area contributed by atoms with E-state index in [1.165, 1.54) is 0 Å². The summed E-state index contributed by atoms with van der Waals surface area (Å²) in [6, 6.07) is 0. The van der Waals surface area contributed by atoms with Crippen molar-refractivity contribution < 1.29 is 0 Å². The molecule has 0 nitrogen and oxygen atoms in total. The fourth-order valence-corrected chi connectivity index (χ4v) is 6.34. The number of fused-ring (bicyclic) bond motifs is 6. The van der Waals surface area contributed by atoms with Gasteiger partial charge in [0.05, 0.1) is 0 Å². The van der Waals surface area contributed by atoms with E-state index in [1.807, 2.05) is 0 Å². The lowest BCUT2D eigenvalue weighted by Crippen LogP contribution is -2.55. The van der Waals surface area contributed by atoms with Crippen LogP contribution in [0.4, 0.5) is 0 Å². The van der Waals surface area contributed by atoms with E-state index in [-0.39, 0.29) is 0 Å². The molecule has 0 spiro atoms. The third-order valence-corrected chi connectivity index (χ3v) is 8.37. The molecule has 0 atom stereocenters. The second kappa shape index (κ2) is 3.36. The highest BCUT2D eigenvalue weighted by molar-refractivity contribution is 5.11. The maximum atomic E-state index is 2.56. The molecule has 6 aliphatic carbocycles. The highest BCUT2D eigenvalue weighted by Gasteiger charge is 2.60. The Balaban J connectivity index is 1.64. The fourth-order valence-electron chi connectivity index (χ4n) is 6.34. The van der Waals surface area contributed by atoms with Crippen molar-refractivity contribution in [3.05, 3.63) is 0 Å². The van der Waals surface area contributed by atoms with Crippen LogP contribution in [0.3, 0.4) is 0 Å². The van der Waals surface area contributed by atoms with Crippen molar-refractivity contribution in [3.63, 3.8) is 0 Å². The molecule has 6 rings (SSSR count). The normalized spacial score (nSPS) is 59.0. The average molecular weight is 246 g/mol. The zero-order valence-corrected chi connectivity index (χ0v) is 12.5. The van der Waals surface area contributed by atoms with Crippen LogP contribution in [-0.4, -0.2) is 0 Å². The molecule has 4 bridgehead atoms. The van der Waals surface area contributed by atoms with Crippen LogP contribution in [0.5, 0.6) is 0 Å². The van der Waals surface area contributed by atoms with Gasteiger partial charge in [-0.2, -0.15) is 0 Å². The van der Waals surface area contributed by atoms with Crippen LogP contribution < -0.4 is 0 Å². The summed E-state index contributed by atoms with van der Waals surface area (Å²) >= 11 is 0. The van der Waals surface area contributed by atoms with Gasteiger partial charge in [0, 0.05) is 0 Å². The number of rotatable bonds is 1. The van der Waals surface area contributed by atoms with Crippen LogP contribution in [0.1, 0.15) is 90.9 Å². The van der Waals surface area contributed by atoms with Crippen molar-refractivity contribution in [2.45, 2.75) is 90.9 Å². The summed E-state index contributed by atoms with van der Waals surface area (Å²) < 4.78 is 0. The largest absolute Gasteiger partial charge is 0.0596 e. The first-order valence-corrected chi connectivity index (χ1v) is 8.49. The summed E-state index contributed by atoms with van der Waals surface area (Å²) in [6.07, 6.45) is 18.8. The fraction of sp³-hybridized carbons (Fsp3) is 1.00. The van der Waals surface area contributed by atoms with Gasteiger partial charge < -0.3 is 0 Å². The van der Waals surface area contributed by atoms with Gasteiger partial charge in [0.25, 0.3) is 0 Å². The van der Waals surface area contributed by atoms with E-state index in [9.17, 15) is 0 Å². The molecule has 0 aromatic carbocycles. The molecule has 0 amide bonds. The zero-order chi connectivity index (χ0) is 12.5. The maximum Gasteiger partial charge on any atom is -0.0240 e. The third kappa shape index (κ3) is 1.38. The summed E-state index contributed by atoms with van der Waals surface area (Å²) in [4.78, 5) is 0. The van der Waals surface area contributed by atoms with Crippen molar-refractivity contribution in [2.24, 2.45) is 21.7 Å². The minimum Gasteiger partial charge on any atom is -0.0596 e. The Kier molecular flexibility index (Phi) is 2.20. The Morgan fingerprint density at radius 2 is 0.611 bits per heavy atom. The van der Waals surface area contributed by atoms with Gasteiger partial charge in [-0.15, -0.1) is 0 Å². The van der Waals surface area contributed by atoms with Gasteiger partial charge in [-0.25, -0.2) is 0 Å². The molecule has 0 aliphatic heterocycles. The Morgan fingerprint density at radius 1 is 0.389 bits per heavy atom. The molecule has 6 aliphatic rings. The van der Waals surface area contributed by atoms with Crippen LogP contribution in [-0.2, 0) is 0 Å². The predicted molar refractivity (Wildman–Crippen MR) is 76.5 cm³/mol. The smallest absolute Gasteiger partial charge is 0.0240 e. The van der Waals surface area contributed by atoms with E-state index in [0.29, 0.717) is 0 Å². The Hall–Kier alpha value is 0. The van der Waals surface area contributed by atoms with Crippen LogP contribution in [0.15, 0.2) is 0 Å². The molecule has 0 N–H and O–H groups in total. The zero-order valence-electron chi connectivity index (χ0n) is 12.5. The first-order valence-electron chi connectivity index (χ1n) is 8.49. The van der Waals surface area contributed by atoms with Gasteiger partial charge in [-0.05, 0) is 98.7 Å². The Labute approximate surface area is 113 Å². The lowest BCUT2D eigenvalue weighted by molar-refractivity contribution is -0.153. The summed E-state index contributed by atoms with van der Waals surface area (Å²) in [5, 5.41) is 0. The average Bonchev–Trinajstić information content (AvgIpc) is 2.41. The molecule has 6 fully saturated rings. The molecule has 6 saturated carbocycles. The van der Waals surface area contributed by atoms with E-state index in [4.69, 9.17) is 0 Å². The second-order valence-electron chi connectivity index (χ2n) is 9.18. The quantitative estimate of drug-likeness (QED) is 0.556. The van der Waals surface area contributed by atoms with Crippen LogP contribution >= 0.6 is 0 Å². The molecule has 0 aromatic rings. The predicted octanol–water partition coefficient (Wildman–Crippen LogP) is 5.71.